The molecule has 3 rings (SSSR count). The number of carbonyl (C=O) groups is 2. The SMILES string of the molecule is CC(C)CC(=O)N1CCCCCCCN(C(=O)c2cnc(C(C)C)nc2)Cc2ccccc21. The maximum Gasteiger partial charge on any atom is 0.257 e. The third kappa shape index (κ3) is 6.86. The van der Waals surface area contributed by atoms with E-state index in [0.29, 0.717) is 31.0 Å². The van der Waals surface area contributed by atoms with Crippen LogP contribution in [0.25, 0.3) is 0 Å². The number of benzene rings is 1. The van der Waals surface area contributed by atoms with Gasteiger partial charge in [0.15, 0.2) is 0 Å². The van der Waals surface area contributed by atoms with Crippen molar-refractivity contribution in [1.82, 2.24) is 14.9 Å². The third-order valence-corrected chi connectivity index (χ3v) is 6.06. The second-order valence-electron chi connectivity index (χ2n) is 9.75. The Bertz CT molecular complexity index is 924. The molecule has 2 aromatic rings. The van der Waals surface area contributed by atoms with Crippen LogP contribution < -0.4 is 4.90 Å². The predicted molar refractivity (Wildman–Crippen MR) is 132 cm³/mol. The van der Waals surface area contributed by atoms with Gasteiger partial charge in [-0.2, -0.15) is 0 Å². The van der Waals surface area contributed by atoms with Crippen molar-refractivity contribution < 1.29 is 9.59 Å². The van der Waals surface area contributed by atoms with E-state index in [1.165, 1.54) is 0 Å². The zero-order valence-electron chi connectivity index (χ0n) is 20.6. The van der Waals surface area contributed by atoms with Gasteiger partial charge < -0.3 is 9.80 Å². The highest BCUT2D eigenvalue weighted by Crippen LogP contribution is 2.26. The van der Waals surface area contributed by atoms with Gasteiger partial charge in [-0.25, -0.2) is 9.97 Å². The van der Waals surface area contributed by atoms with Gasteiger partial charge in [-0.3, -0.25) is 9.59 Å². The molecule has 0 fully saturated rings. The van der Waals surface area contributed by atoms with Crippen LogP contribution in [-0.2, 0) is 11.3 Å². The van der Waals surface area contributed by atoms with Crippen molar-refractivity contribution >= 4 is 17.5 Å². The molecular formula is C27H38N4O2. The summed E-state index contributed by atoms with van der Waals surface area (Å²) in [6.45, 7) is 10.1. The van der Waals surface area contributed by atoms with Gasteiger partial charge in [-0.05, 0) is 30.4 Å². The summed E-state index contributed by atoms with van der Waals surface area (Å²) >= 11 is 0. The fourth-order valence-electron chi connectivity index (χ4n) is 4.24. The van der Waals surface area contributed by atoms with E-state index in [1.54, 1.807) is 12.4 Å². The van der Waals surface area contributed by atoms with Crippen LogP contribution >= 0.6 is 0 Å². The Hall–Kier alpha value is -2.76. The lowest BCUT2D eigenvalue weighted by atomic mass is 10.0. The lowest BCUT2D eigenvalue weighted by Crippen LogP contribution is -2.36. The van der Waals surface area contributed by atoms with Crippen molar-refractivity contribution in [2.45, 2.75) is 78.7 Å². The summed E-state index contributed by atoms with van der Waals surface area (Å²) in [6.07, 6.45) is 9.06. The summed E-state index contributed by atoms with van der Waals surface area (Å²) in [5.41, 5.74) is 2.44. The van der Waals surface area contributed by atoms with Gasteiger partial charge in [0.2, 0.25) is 5.91 Å². The van der Waals surface area contributed by atoms with Crippen LogP contribution in [0.4, 0.5) is 5.69 Å². The second-order valence-corrected chi connectivity index (χ2v) is 9.75. The van der Waals surface area contributed by atoms with E-state index in [-0.39, 0.29) is 17.7 Å². The molecule has 33 heavy (non-hydrogen) atoms. The first-order valence-electron chi connectivity index (χ1n) is 12.4. The molecule has 1 aliphatic heterocycles. The minimum absolute atomic E-state index is 0.0581. The molecule has 0 bridgehead atoms. The number of hydrogen-bond donors (Lipinski definition) is 0. The minimum Gasteiger partial charge on any atom is -0.334 e. The van der Waals surface area contributed by atoms with Gasteiger partial charge >= 0.3 is 0 Å². The van der Waals surface area contributed by atoms with Crippen LogP contribution in [-0.4, -0.2) is 39.8 Å². The third-order valence-electron chi connectivity index (χ3n) is 6.06. The van der Waals surface area contributed by atoms with Gasteiger partial charge in [0.05, 0.1) is 5.56 Å². The van der Waals surface area contributed by atoms with E-state index in [0.717, 1.165) is 55.7 Å². The molecule has 1 aromatic heterocycles. The average molecular weight is 451 g/mol. The molecule has 0 radical (unpaired) electrons. The fourth-order valence-corrected chi connectivity index (χ4v) is 4.24. The number of rotatable bonds is 4. The van der Waals surface area contributed by atoms with E-state index in [1.807, 2.05) is 47.9 Å². The van der Waals surface area contributed by atoms with Gasteiger partial charge in [0.25, 0.3) is 5.91 Å². The largest absolute Gasteiger partial charge is 0.334 e. The smallest absolute Gasteiger partial charge is 0.257 e. The summed E-state index contributed by atoms with van der Waals surface area (Å²) in [7, 11) is 0. The topological polar surface area (TPSA) is 66.4 Å². The highest BCUT2D eigenvalue weighted by molar-refractivity contribution is 5.95. The van der Waals surface area contributed by atoms with Crippen LogP contribution in [0.2, 0.25) is 0 Å². The van der Waals surface area contributed by atoms with Crippen LogP contribution in [0.5, 0.6) is 0 Å². The average Bonchev–Trinajstić information content (AvgIpc) is 2.78. The molecule has 2 amide bonds. The molecule has 0 spiro atoms. The van der Waals surface area contributed by atoms with Gasteiger partial charge in [-0.1, -0.05) is 65.2 Å². The van der Waals surface area contributed by atoms with Gasteiger partial charge in [-0.15, -0.1) is 0 Å². The van der Waals surface area contributed by atoms with E-state index >= 15 is 0 Å². The first kappa shape index (κ1) is 24.9. The van der Waals surface area contributed by atoms with E-state index in [4.69, 9.17) is 0 Å². The molecule has 6 heteroatoms. The number of hydrogen-bond acceptors (Lipinski definition) is 4. The number of carbonyl (C=O) groups excluding carboxylic acids is 2. The minimum atomic E-state index is -0.0581. The highest BCUT2D eigenvalue weighted by atomic mass is 16.2. The van der Waals surface area contributed by atoms with Crippen molar-refractivity contribution in [2.24, 2.45) is 5.92 Å². The molecule has 1 aliphatic rings. The Morgan fingerprint density at radius 3 is 2.21 bits per heavy atom. The molecule has 0 saturated heterocycles. The molecule has 0 N–H and O–H groups in total. The Kier molecular flexibility index (Phi) is 8.98. The van der Waals surface area contributed by atoms with Crippen LogP contribution in [0, 0.1) is 5.92 Å². The van der Waals surface area contributed by atoms with E-state index < -0.39 is 0 Å². The highest BCUT2D eigenvalue weighted by Gasteiger charge is 2.23. The summed E-state index contributed by atoms with van der Waals surface area (Å²) in [6, 6.07) is 8.02. The van der Waals surface area contributed by atoms with Gasteiger partial charge in [0, 0.05) is 50.1 Å². The zero-order valence-corrected chi connectivity index (χ0v) is 20.6. The molecule has 0 saturated carbocycles. The molecule has 0 atom stereocenters. The number of amides is 2. The standard InChI is InChI=1S/C27H38N4O2/c1-20(2)16-25(32)31-15-11-7-5-6-10-14-30(19-22-12-8-9-13-24(22)31)27(33)23-17-28-26(21(3)4)29-18-23/h8-9,12-13,17-18,20-21H,5-7,10-11,14-16,19H2,1-4H3. The number of aromatic nitrogens is 2. The molecule has 6 nitrogen and oxygen atoms in total. The molecule has 2 heterocycles. The second kappa shape index (κ2) is 11.9. The van der Waals surface area contributed by atoms with Crippen molar-refractivity contribution in [3.8, 4) is 0 Å². The number of fused-ring (bicyclic) bond motifs is 1. The quantitative estimate of drug-likeness (QED) is 0.609. The van der Waals surface area contributed by atoms with Crippen molar-refractivity contribution in [2.75, 3.05) is 18.0 Å². The lowest BCUT2D eigenvalue weighted by Gasteiger charge is -2.30. The summed E-state index contributed by atoms with van der Waals surface area (Å²) in [4.78, 5) is 39.2. The fraction of sp³-hybridized carbons (Fsp3) is 0.556. The summed E-state index contributed by atoms with van der Waals surface area (Å²) in [5.74, 6) is 1.36. The maximum absolute atomic E-state index is 13.4. The number of para-hydroxylation sites is 1. The van der Waals surface area contributed by atoms with Crippen molar-refractivity contribution in [3.63, 3.8) is 0 Å². The number of anilines is 1. The molecule has 0 unspecified atom stereocenters. The monoisotopic (exact) mass is 450 g/mol. The molecule has 178 valence electrons. The first-order valence-corrected chi connectivity index (χ1v) is 12.4. The molecule has 0 aliphatic carbocycles. The van der Waals surface area contributed by atoms with Crippen molar-refractivity contribution in [1.29, 1.82) is 0 Å². The zero-order chi connectivity index (χ0) is 23.8. The molecule has 1 aromatic carbocycles. The Labute approximate surface area is 198 Å². The normalized spacial score (nSPS) is 15.7. The van der Waals surface area contributed by atoms with Gasteiger partial charge in [0.1, 0.15) is 5.82 Å². The molecular weight excluding hydrogens is 412 g/mol. The van der Waals surface area contributed by atoms with E-state index in [2.05, 4.69) is 23.8 Å². The van der Waals surface area contributed by atoms with Crippen molar-refractivity contribution in [3.05, 3.63) is 53.6 Å². The predicted octanol–water partition coefficient (Wildman–Crippen LogP) is 5.59. The van der Waals surface area contributed by atoms with Crippen LogP contribution in [0.1, 0.15) is 93.9 Å². The Morgan fingerprint density at radius 2 is 1.55 bits per heavy atom. The summed E-state index contributed by atoms with van der Waals surface area (Å²) < 4.78 is 0. The maximum atomic E-state index is 13.4. The Balaban J connectivity index is 1.91. The van der Waals surface area contributed by atoms with E-state index in [9.17, 15) is 9.59 Å². The first-order chi connectivity index (χ1) is 15.9. The lowest BCUT2D eigenvalue weighted by molar-refractivity contribution is -0.119. The van der Waals surface area contributed by atoms with Crippen LogP contribution in [0.3, 0.4) is 0 Å². The van der Waals surface area contributed by atoms with Crippen LogP contribution in [0.15, 0.2) is 36.7 Å². The number of nitrogens with zero attached hydrogens (tertiary/aromatic N) is 4. The summed E-state index contributed by atoms with van der Waals surface area (Å²) in [5, 5.41) is 0. The Morgan fingerprint density at radius 1 is 0.909 bits per heavy atom.